The summed E-state index contributed by atoms with van der Waals surface area (Å²) in [4.78, 5) is 4.32. The molecule has 33 heavy (non-hydrogen) atoms. The Morgan fingerprint density at radius 1 is 0.788 bits per heavy atom. The van der Waals surface area contributed by atoms with Crippen molar-refractivity contribution in [1.29, 1.82) is 5.26 Å². The van der Waals surface area contributed by atoms with Crippen LogP contribution < -0.4 is 15.2 Å². The number of alkyl halides is 3. The zero-order valence-corrected chi connectivity index (χ0v) is 17.0. The van der Waals surface area contributed by atoms with Crippen LogP contribution in [0.1, 0.15) is 5.56 Å². The molecular weight excluding hydrogens is 431 g/mol. The Labute approximate surface area is 187 Å². The van der Waals surface area contributed by atoms with Gasteiger partial charge in [-0.3, -0.25) is 0 Å². The molecule has 0 unspecified atom stereocenters. The van der Waals surface area contributed by atoms with Gasteiger partial charge in [-0.25, -0.2) is 4.98 Å². The van der Waals surface area contributed by atoms with E-state index < -0.39 is 6.36 Å². The zero-order chi connectivity index (χ0) is 23.4. The van der Waals surface area contributed by atoms with Crippen molar-refractivity contribution in [3.05, 3.63) is 90.5 Å². The number of aromatic nitrogens is 1. The maximum Gasteiger partial charge on any atom is 0.573 e. The summed E-state index contributed by atoms with van der Waals surface area (Å²) in [5.41, 5.74) is 8.33. The van der Waals surface area contributed by atoms with Crippen molar-refractivity contribution in [1.82, 2.24) is 4.98 Å². The van der Waals surface area contributed by atoms with Crippen LogP contribution >= 0.6 is 0 Å². The minimum atomic E-state index is -4.79. The third kappa shape index (κ3) is 5.22. The molecule has 0 aliphatic heterocycles. The number of para-hydroxylation sites is 1. The second kappa shape index (κ2) is 8.93. The lowest BCUT2D eigenvalue weighted by Crippen LogP contribution is -2.16. The first kappa shape index (κ1) is 21.7. The third-order valence-corrected chi connectivity index (χ3v) is 4.69. The van der Waals surface area contributed by atoms with Crippen LogP contribution in [0, 0.1) is 11.3 Å². The summed E-state index contributed by atoms with van der Waals surface area (Å²) in [6.45, 7) is 0. The van der Waals surface area contributed by atoms with Crippen LogP contribution in [0.5, 0.6) is 17.2 Å². The molecule has 8 heteroatoms. The lowest BCUT2D eigenvalue weighted by Gasteiger charge is -2.12. The zero-order valence-electron chi connectivity index (χ0n) is 17.0. The van der Waals surface area contributed by atoms with Gasteiger partial charge in [0.2, 0.25) is 0 Å². The molecule has 5 nitrogen and oxygen atoms in total. The van der Waals surface area contributed by atoms with Crippen LogP contribution in [0.4, 0.5) is 19.0 Å². The van der Waals surface area contributed by atoms with E-state index in [1.54, 1.807) is 30.3 Å². The van der Waals surface area contributed by atoms with Crippen molar-refractivity contribution in [3.8, 4) is 45.7 Å². The van der Waals surface area contributed by atoms with Crippen LogP contribution in [-0.4, -0.2) is 11.3 Å². The van der Waals surface area contributed by atoms with Gasteiger partial charge in [-0.2, -0.15) is 5.26 Å². The fraction of sp³-hybridized carbons (Fsp3) is 0.0400. The van der Waals surface area contributed by atoms with Crippen LogP contribution in [0.3, 0.4) is 0 Å². The van der Waals surface area contributed by atoms with Gasteiger partial charge >= 0.3 is 6.36 Å². The molecule has 4 rings (SSSR count). The SMILES string of the molecule is N#Cc1c(-c2ccc(OC(F)(F)F)cc2)cc(-c2ccc(Oc3ccccc3)cc2)nc1N. The molecule has 0 spiro atoms. The molecule has 0 fully saturated rings. The van der Waals surface area contributed by atoms with E-state index in [2.05, 4.69) is 9.72 Å². The van der Waals surface area contributed by atoms with Crippen molar-refractivity contribution in [2.45, 2.75) is 6.36 Å². The Hall–Kier alpha value is -4.51. The molecule has 1 aromatic heterocycles. The van der Waals surface area contributed by atoms with Crippen molar-refractivity contribution >= 4 is 5.82 Å². The van der Waals surface area contributed by atoms with E-state index in [-0.39, 0.29) is 17.1 Å². The van der Waals surface area contributed by atoms with Gasteiger partial charge in [0, 0.05) is 11.1 Å². The van der Waals surface area contributed by atoms with Gasteiger partial charge in [0.15, 0.2) is 0 Å². The second-order valence-corrected chi connectivity index (χ2v) is 6.94. The molecule has 1 heterocycles. The number of halogens is 3. The predicted octanol–water partition coefficient (Wildman–Crippen LogP) is 6.56. The standard InChI is InChI=1S/C25H16F3N3O2/c26-25(27,28)33-20-12-6-16(7-13-20)21-14-23(31-24(30)22(21)15-29)17-8-10-19(11-9-17)32-18-4-2-1-3-5-18/h1-14H,(H2,30,31). The first-order chi connectivity index (χ1) is 15.8. The molecular formula is C25H16F3N3O2. The molecule has 0 radical (unpaired) electrons. The quantitative estimate of drug-likeness (QED) is 0.375. The van der Waals surface area contributed by atoms with Crippen LogP contribution in [0.15, 0.2) is 84.9 Å². The molecule has 3 aromatic carbocycles. The lowest BCUT2D eigenvalue weighted by molar-refractivity contribution is -0.274. The molecule has 0 aliphatic carbocycles. The van der Waals surface area contributed by atoms with Gasteiger partial charge in [0.05, 0.1) is 5.69 Å². The average molecular weight is 447 g/mol. The summed E-state index contributed by atoms with van der Waals surface area (Å²) in [6.07, 6.45) is -4.79. The van der Waals surface area contributed by atoms with Crippen LogP contribution in [0.2, 0.25) is 0 Å². The molecule has 2 N–H and O–H groups in total. The minimum absolute atomic E-state index is 0.0187. The topological polar surface area (TPSA) is 81.2 Å². The van der Waals surface area contributed by atoms with Gasteiger partial charge in [-0.15, -0.1) is 13.2 Å². The van der Waals surface area contributed by atoms with Crippen LogP contribution in [-0.2, 0) is 0 Å². The molecule has 164 valence electrons. The Bertz CT molecular complexity index is 1300. The van der Waals surface area contributed by atoms with E-state index in [0.717, 1.165) is 5.56 Å². The number of nitrogen functional groups attached to an aromatic ring is 1. The largest absolute Gasteiger partial charge is 0.573 e. The third-order valence-electron chi connectivity index (χ3n) is 4.69. The molecule has 0 amide bonds. The molecule has 4 aromatic rings. The normalized spacial score (nSPS) is 11.0. The number of nitriles is 1. The molecule has 0 bridgehead atoms. The Morgan fingerprint density at radius 2 is 1.36 bits per heavy atom. The second-order valence-electron chi connectivity index (χ2n) is 6.94. The summed E-state index contributed by atoms with van der Waals surface area (Å²) >= 11 is 0. The molecule has 0 aliphatic rings. The maximum atomic E-state index is 12.4. The number of pyridine rings is 1. The number of nitrogens with zero attached hydrogens (tertiary/aromatic N) is 2. The van der Waals surface area contributed by atoms with Crippen LogP contribution in [0.25, 0.3) is 22.4 Å². The Morgan fingerprint density at radius 3 is 1.97 bits per heavy atom. The van der Waals surface area contributed by atoms with E-state index in [9.17, 15) is 18.4 Å². The number of hydrogen-bond donors (Lipinski definition) is 1. The minimum Gasteiger partial charge on any atom is -0.457 e. The number of ether oxygens (including phenoxy) is 2. The average Bonchev–Trinajstić information content (AvgIpc) is 2.79. The van der Waals surface area contributed by atoms with Gasteiger partial charge in [-0.05, 0) is 60.2 Å². The molecule has 0 atom stereocenters. The monoisotopic (exact) mass is 447 g/mol. The van der Waals surface area contributed by atoms with E-state index in [4.69, 9.17) is 10.5 Å². The highest BCUT2D eigenvalue weighted by Crippen LogP contribution is 2.33. The first-order valence-corrected chi connectivity index (χ1v) is 9.72. The fourth-order valence-electron chi connectivity index (χ4n) is 3.21. The van der Waals surface area contributed by atoms with Crippen molar-refractivity contribution in [2.75, 3.05) is 5.73 Å². The first-order valence-electron chi connectivity index (χ1n) is 9.72. The number of rotatable bonds is 5. The van der Waals surface area contributed by atoms with E-state index in [0.29, 0.717) is 28.3 Å². The predicted molar refractivity (Wildman–Crippen MR) is 117 cm³/mol. The highest BCUT2D eigenvalue weighted by molar-refractivity contribution is 5.80. The van der Waals surface area contributed by atoms with Gasteiger partial charge in [0.25, 0.3) is 0 Å². The van der Waals surface area contributed by atoms with E-state index >= 15 is 0 Å². The van der Waals surface area contributed by atoms with Gasteiger partial charge in [-0.1, -0.05) is 30.3 Å². The van der Waals surface area contributed by atoms with Crippen molar-refractivity contribution < 1.29 is 22.6 Å². The number of anilines is 1. The van der Waals surface area contributed by atoms with E-state index in [1.165, 1.54) is 24.3 Å². The summed E-state index contributed by atoms with van der Waals surface area (Å²) in [5, 5.41) is 9.55. The summed E-state index contributed by atoms with van der Waals surface area (Å²) in [7, 11) is 0. The number of hydrogen-bond acceptors (Lipinski definition) is 5. The lowest BCUT2D eigenvalue weighted by atomic mass is 9.98. The highest BCUT2D eigenvalue weighted by Gasteiger charge is 2.31. The number of nitrogens with two attached hydrogens (primary N) is 1. The number of benzene rings is 3. The van der Waals surface area contributed by atoms with Gasteiger partial charge in [0.1, 0.15) is 34.7 Å². The van der Waals surface area contributed by atoms with Gasteiger partial charge < -0.3 is 15.2 Å². The fourth-order valence-corrected chi connectivity index (χ4v) is 3.21. The summed E-state index contributed by atoms with van der Waals surface area (Å²) in [5.74, 6) is 0.990. The van der Waals surface area contributed by atoms with Crippen molar-refractivity contribution in [3.63, 3.8) is 0 Å². The highest BCUT2D eigenvalue weighted by atomic mass is 19.4. The van der Waals surface area contributed by atoms with E-state index in [1.807, 2.05) is 36.4 Å². The smallest absolute Gasteiger partial charge is 0.457 e. The summed E-state index contributed by atoms with van der Waals surface area (Å²) in [6, 6.07) is 25.4. The Kier molecular flexibility index (Phi) is 5.87. The maximum absolute atomic E-state index is 12.4. The molecule has 0 saturated heterocycles. The Balaban J connectivity index is 1.65. The molecule has 0 saturated carbocycles. The summed E-state index contributed by atoms with van der Waals surface area (Å²) < 4.78 is 47.0. The van der Waals surface area contributed by atoms with Crippen molar-refractivity contribution in [2.24, 2.45) is 0 Å².